The molecular formula is C14H15N3. The van der Waals surface area contributed by atoms with Gasteiger partial charge in [0.2, 0.25) is 0 Å². The van der Waals surface area contributed by atoms with Crippen molar-refractivity contribution in [1.29, 1.82) is 0 Å². The van der Waals surface area contributed by atoms with Crippen molar-refractivity contribution in [1.82, 2.24) is 14.9 Å². The highest BCUT2D eigenvalue weighted by atomic mass is 15.1. The van der Waals surface area contributed by atoms with Gasteiger partial charge in [-0.05, 0) is 30.5 Å². The van der Waals surface area contributed by atoms with Crippen LogP contribution in [0.15, 0.2) is 42.2 Å². The minimum atomic E-state index is 0.504. The normalized spacial score (nSPS) is 27.4. The van der Waals surface area contributed by atoms with Crippen LogP contribution in [-0.4, -0.2) is 22.6 Å². The first-order valence-electron chi connectivity index (χ1n) is 6.25. The smallest absolute Gasteiger partial charge is 0.140 e. The van der Waals surface area contributed by atoms with Gasteiger partial charge in [-0.1, -0.05) is 11.6 Å². The van der Waals surface area contributed by atoms with E-state index in [0.717, 1.165) is 24.7 Å². The highest BCUT2D eigenvalue weighted by molar-refractivity contribution is 5.76. The Morgan fingerprint density at radius 1 is 1.35 bits per heavy atom. The number of rotatable bonds is 1. The Labute approximate surface area is 100 Å². The summed E-state index contributed by atoms with van der Waals surface area (Å²) in [5.41, 5.74) is 2.70. The van der Waals surface area contributed by atoms with E-state index in [-0.39, 0.29) is 0 Å². The highest BCUT2D eigenvalue weighted by Gasteiger charge is 2.30. The lowest BCUT2D eigenvalue weighted by Gasteiger charge is -2.13. The van der Waals surface area contributed by atoms with Gasteiger partial charge >= 0.3 is 0 Å². The van der Waals surface area contributed by atoms with Gasteiger partial charge in [0.05, 0.1) is 6.04 Å². The van der Waals surface area contributed by atoms with Crippen molar-refractivity contribution in [3.8, 4) is 0 Å². The van der Waals surface area contributed by atoms with Crippen LogP contribution < -0.4 is 5.32 Å². The van der Waals surface area contributed by atoms with Gasteiger partial charge in [0, 0.05) is 30.9 Å². The summed E-state index contributed by atoms with van der Waals surface area (Å²) < 4.78 is 2.32. The monoisotopic (exact) mass is 225 g/mol. The van der Waals surface area contributed by atoms with Gasteiger partial charge in [-0.25, -0.2) is 4.98 Å². The Hall–Kier alpha value is -1.61. The molecule has 2 aliphatic rings. The third-order valence-corrected chi connectivity index (χ3v) is 4.01. The number of allylic oxidation sites excluding steroid dienone is 1. The summed E-state index contributed by atoms with van der Waals surface area (Å²) in [6.45, 7) is 2.22. The summed E-state index contributed by atoms with van der Waals surface area (Å²) in [4.78, 5) is 4.50. The number of nitrogens with zero attached hydrogens (tertiary/aromatic N) is 2. The van der Waals surface area contributed by atoms with Crippen molar-refractivity contribution in [3.05, 3.63) is 42.2 Å². The molecule has 1 fully saturated rings. The standard InChI is InChI=1S/C14H15N3/c1-2-10-3-5-17(14(10)16-4-1)13-6-11-8-15-9-12(11)7-13/h1-6,12-13,15H,7-9H2. The second kappa shape index (κ2) is 3.44. The molecule has 17 heavy (non-hydrogen) atoms. The largest absolute Gasteiger partial charge is 0.326 e. The molecule has 0 radical (unpaired) electrons. The number of hydrogen-bond acceptors (Lipinski definition) is 2. The average Bonchev–Trinajstić information content (AvgIpc) is 3.01. The first-order valence-corrected chi connectivity index (χ1v) is 6.25. The average molecular weight is 225 g/mol. The van der Waals surface area contributed by atoms with Crippen LogP contribution >= 0.6 is 0 Å². The van der Waals surface area contributed by atoms with Gasteiger partial charge in [0.15, 0.2) is 0 Å². The first kappa shape index (κ1) is 9.42. The Bertz CT molecular complexity index is 596. The minimum Gasteiger partial charge on any atom is -0.326 e. The van der Waals surface area contributed by atoms with Crippen LogP contribution in [0.4, 0.5) is 0 Å². The molecule has 1 N–H and O–H groups in total. The molecule has 2 unspecified atom stereocenters. The lowest BCUT2D eigenvalue weighted by atomic mass is 10.1. The number of pyridine rings is 1. The van der Waals surface area contributed by atoms with Crippen molar-refractivity contribution in [3.63, 3.8) is 0 Å². The van der Waals surface area contributed by atoms with Crippen LogP contribution in [0.25, 0.3) is 11.0 Å². The van der Waals surface area contributed by atoms with Gasteiger partial charge in [-0.3, -0.25) is 0 Å². The first-order chi connectivity index (χ1) is 8.42. The van der Waals surface area contributed by atoms with E-state index >= 15 is 0 Å². The third kappa shape index (κ3) is 1.35. The molecule has 1 aliphatic carbocycles. The molecule has 0 aromatic carbocycles. The second-order valence-electron chi connectivity index (χ2n) is 5.01. The predicted octanol–water partition coefficient (Wildman–Crippen LogP) is 2.13. The molecule has 3 heteroatoms. The van der Waals surface area contributed by atoms with Gasteiger partial charge in [0.25, 0.3) is 0 Å². The molecule has 0 amide bonds. The van der Waals surface area contributed by atoms with Gasteiger partial charge in [-0.15, -0.1) is 0 Å². The van der Waals surface area contributed by atoms with E-state index in [4.69, 9.17) is 0 Å². The summed E-state index contributed by atoms with van der Waals surface area (Å²) in [5.74, 6) is 0.751. The molecule has 4 rings (SSSR count). The molecule has 0 spiro atoms. The fraction of sp³-hybridized carbons (Fsp3) is 0.357. The molecule has 86 valence electrons. The van der Waals surface area contributed by atoms with E-state index in [9.17, 15) is 0 Å². The van der Waals surface area contributed by atoms with E-state index in [0.29, 0.717) is 6.04 Å². The molecule has 2 aromatic heterocycles. The van der Waals surface area contributed by atoms with Crippen molar-refractivity contribution in [2.24, 2.45) is 5.92 Å². The Balaban J connectivity index is 1.78. The highest BCUT2D eigenvalue weighted by Crippen LogP contribution is 2.36. The van der Waals surface area contributed by atoms with Crippen LogP contribution in [0, 0.1) is 5.92 Å². The quantitative estimate of drug-likeness (QED) is 0.753. The Kier molecular flexibility index (Phi) is 1.91. The van der Waals surface area contributed by atoms with Crippen molar-refractivity contribution in [2.75, 3.05) is 13.1 Å². The molecule has 1 saturated heterocycles. The molecular weight excluding hydrogens is 210 g/mol. The zero-order valence-corrected chi connectivity index (χ0v) is 9.63. The molecule has 3 heterocycles. The SMILES string of the molecule is C1=C2CNCC2CC1n1ccc2cccnc21. The van der Waals surface area contributed by atoms with E-state index < -0.39 is 0 Å². The van der Waals surface area contributed by atoms with Gasteiger partial charge < -0.3 is 9.88 Å². The second-order valence-corrected chi connectivity index (χ2v) is 5.01. The molecule has 1 aliphatic heterocycles. The summed E-state index contributed by atoms with van der Waals surface area (Å²) >= 11 is 0. The van der Waals surface area contributed by atoms with Crippen LogP contribution in [0.3, 0.4) is 0 Å². The number of nitrogens with one attached hydrogen (secondary N) is 1. The maximum atomic E-state index is 4.50. The van der Waals surface area contributed by atoms with Crippen LogP contribution in [0.5, 0.6) is 0 Å². The molecule has 2 atom stereocenters. The van der Waals surface area contributed by atoms with Crippen molar-refractivity contribution < 1.29 is 0 Å². The summed E-state index contributed by atoms with van der Waals surface area (Å²) in [6.07, 6.45) is 7.71. The molecule has 0 saturated carbocycles. The summed E-state index contributed by atoms with van der Waals surface area (Å²) in [6, 6.07) is 6.79. The lowest BCUT2D eigenvalue weighted by molar-refractivity contribution is 0.515. The van der Waals surface area contributed by atoms with Crippen LogP contribution in [0.1, 0.15) is 12.5 Å². The van der Waals surface area contributed by atoms with E-state index in [1.54, 1.807) is 5.57 Å². The maximum absolute atomic E-state index is 4.50. The molecule has 3 nitrogen and oxygen atoms in total. The third-order valence-electron chi connectivity index (χ3n) is 4.01. The minimum absolute atomic E-state index is 0.504. The van der Waals surface area contributed by atoms with Gasteiger partial charge in [-0.2, -0.15) is 0 Å². The summed E-state index contributed by atoms with van der Waals surface area (Å²) in [7, 11) is 0. The fourth-order valence-corrected chi connectivity index (χ4v) is 3.15. The topological polar surface area (TPSA) is 29.9 Å². The van der Waals surface area contributed by atoms with Crippen molar-refractivity contribution >= 4 is 11.0 Å². The summed E-state index contributed by atoms with van der Waals surface area (Å²) in [5, 5.41) is 4.67. The fourth-order valence-electron chi connectivity index (χ4n) is 3.15. The van der Waals surface area contributed by atoms with E-state index in [1.807, 2.05) is 12.3 Å². The van der Waals surface area contributed by atoms with Gasteiger partial charge in [0.1, 0.15) is 5.65 Å². The van der Waals surface area contributed by atoms with Crippen LogP contribution in [0.2, 0.25) is 0 Å². The van der Waals surface area contributed by atoms with E-state index in [1.165, 1.54) is 11.8 Å². The maximum Gasteiger partial charge on any atom is 0.140 e. The lowest BCUT2D eigenvalue weighted by Crippen LogP contribution is -2.12. The number of fused-ring (bicyclic) bond motifs is 2. The zero-order chi connectivity index (χ0) is 11.2. The number of hydrogen-bond donors (Lipinski definition) is 1. The Morgan fingerprint density at radius 2 is 2.35 bits per heavy atom. The zero-order valence-electron chi connectivity index (χ0n) is 9.63. The predicted molar refractivity (Wildman–Crippen MR) is 67.8 cm³/mol. The Morgan fingerprint density at radius 3 is 3.29 bits per heavy atom. The van der Waals surface area contributed by atoms with Crippen LogP contribution in [-0.2, 0) is 0 Å². The molecule has 2 aromatic rings. The number of aromatic nitrogens is 2. The molecule has 0 bridgehead atoms. The van der Waals surface area contributed by atoms with Crippen molar-refractivity contribution in [2.45, 2.75) is 12.5 Å². The van der Waals surface area contributed by atoms with E-state index in [2.05, 4.69) is 39.3 Å².